The van der Waals surface area contributed by atoms with E-state index in [1.807, 2.05) is 60.7 Å². The molecule has 0 amide bonds. The first-order valence-corrected chi connectivity index (χ1v) is 15.0. The number of rotatable bonds is 6. The molecule has 9 heteroatoms. The lowest BCUT2D eigenvalue weighted by Gasteiger charge is -2.33. The van der Waals surface area contributed by atoms with Crippen LogP contribution in [0.4, 0.5) is 11.4 Å². The quantitative estimate of drug-likeness (QED) is 0.224. The Kier molecular flexibility index (Phi) is 7.76. The molecule has 2 saturated heterocycles. The van der Waals surface area contributed by atoms with Gasteiger partial charge in [0.15, 0.2) is 10.2 Å². The molecular weight excluding hydrogens is 567 g/mol. The third-order valence-corrected chi connectivity index (χ3v) is 9.16. The molecular formula is C30H28Cl2N4OS2. The number of pyridine rings is 1. The van der Waals surface area contributed by atoms with Gasteiger partial charge in [-0.1, -0.05) is 48.0 Å². The predicted molar refractivity (Wildman–Crippen MR) is 164 cm³/mol. The van der Waals surface area contributed by atoms with Crippen molar-refractivity contribution in [3.63, 3.8) is 0 Å². The highest BCUT2D eigenvalue weighted by molar-refractivity contribution is 7.99. The van der Waals surface area contributed by atoms with E-state index in [2.05, 4.69) is 39.2 Å². The number of halogens is 2. The Morgan fingerprint density at radius 1 is 1.00 bits per heavy atom. The van der Waals surface area contributed by atoms with Crippen molar-refractivity contribution in [3.8, 4) is 0 Å². The fourth-order valence-corrected chi connectivity index (χ4v) is 6.79. The number of furan rings is 1. The summed E-state index contributed by atoms with van der Waals surface area (Å²) in [5, 5.41) is 6.32. The van der Waals surface area contributed by atoms with Gasteiger partial charge >= 0.3 is 0 Å². The molecule has 0 bridgehead atoms. The molecule has 6 rings (SSSR count). The third kappa shape index (κ3) is 5.64. The van der Waals surface area contributed by atoms with Crippen LogP contribution < -0.4 is 15.1 Å². The maximum absolute atomic E-state index is 6.90. The Bertz CT molecular complexity index is 1460. The van der Waals surface area contributed by atoms with Crippen molar-refractivity contribution in [1.29, 1.82) is 0 Å². The molecule has 2 fully saturated rings. The summed E-state index contributed by atoms with van der Waals surface area (Å²) < 4.78 is 6.43. The number of benzene rings is 2. The lowest BCUT2D eigenvalue weighted by molar-refractivity contribution is 0.383. The number of anilines is 2. The Balaban J connectivity index is 1.33. The van der Waals surface area contributed by atoms with Gasteiger partial charge in [0.1, 0.15) is 11.8 Å². The molecule has 0 spiro atoms. The average Bonchev–Trinajstić information content (AvgIpc) is 3.55. The van der Waals surface area contributed by atoms with Crippen LogP contribution in [0.15, 0.2) is 93.4 Å². The van der Waals surface area contributed by atoms with Gasteiger partial charge in [-0.2, -0.15) is 0 Å². The fourth-order valence-electron chi connectivity index (χ4n) is 5.24. The molecule has 1 N–H and O–H groups in total. The minimum atomic E-state index is -0.246. The molecule has 4 heterocycles. The average molecular weight is 596 g/mol. The molecule has 0 unspecified atom stereocenters. The molecule has 200 valence electrons. The SMILES string of the molecule is CC1CCN(c2ccc(N3C(=S)N[C@H](c4ccccn4)[C@H]3c3ccc(Sc4ccc(Cl)cc4)o3)cc2Cl)CC1. The van der Waals surface area contributed by atoms with Gasteiger partial charge in [-0.05, 0) is 97.7 Å². The first kappa shape index (κ1) is 26.5. The number of hydrogen-bond donors (Lipinski definition) is 1. The van der Waals surface area contributed by atoms with E-state index in [1.54, 1.807) is 18.0 Å². The summed E-state index contributed by atoms with van der Waals surface area (Å²) in [4.78, 5) is 10.2. The van der Waals surface area contributed by atoms with Gasteiger partial charge in [-0.15, -0.1) is 0 Å². The molecule has 0 saturated carbocycles. The van der Waals surface area contributed by atoms with Gasteiger partial charge in [0.25, 0.3) is 0 Å². The Labute approximate surface area is 248 Å². The van der Waals surface area contributed by atoms with E-state index in [0.29, 0.717) is 10.1 Å². The molecule has 5 nitrogen and oxygen atoms in total. The van der Waals surface area contributed by atoms with Crippen molar-refractivity contribution < 1.29 is 4.42 Å². The summed E-state index contributed by atoms with van der Waals surface area (Å²) in [7, 11) is 0. The van der Waals surface area contributed by atoms with E-state index in [1.165, 1.54) is 12.8 Å². The van der Waals surface area contributed by atoms with Crippen LogP contribution in [0.2, 0.25) is 10.0 Å². The van der Waals surface area contributed by atoms with Gasteiger partial charge in [0.05, 0.1) is 22.4 Å². The lowest BCUT2D eigenvalue weighted by Crippen LogP contribution is -2.33. The fraction of sp³-hybridized carbons (Fsp3) is 0.267. The van der Waals surface area contributed by atoms with E-state index < -0.39 is 0 Å². The summed E-state index contributed by atoms with van der Waals surface area (Å²) in [6.07, 6.45) is 4.16. The number of aromatic nitrogens is 1. The molecule has 2 aromatic carbocycles. The van der Waals surface area contributed by atoms with E-state index in [4.69, 9.17) is 39.8 Å². The molecule has 2 aliphatic heterocycles. The lowest BCUT2D eigenvalue weighted by atomic mass is 9.98. The number of hydrogen-bond acceptors (Lipinski definition) is 5. The monoisotopic (exact) mass is 594 g/mol. The number of piperidine rings is 1. The van der Waals surface area contributed by atoms with Crippen LogP contribution in [0, 0.1) is 5.92 Å². The second-order valence-corrected chi connectivity index (χ2v) is 12.3. The molecule has 4 aromatic rings. The second-order valence-electron chi connectivity index (χ2n) is 10.0. The zero-order valence-corrected chi connectivity index (χ0v) is 24.5. The van der Waals surface area contributed by atoms with Crippen LogP contribution in [-0.2, 0) is 0 Å². The highest BCUT2D eigenvalue weighted by Gasteiger charge is 2.42. The summed E-state index contributed by atoms with van der Waals surface area (Å²) in [5.74, 6) is 1.55. The van der Waals surface area contributed by atoms with Crippen LogP contribution >= 0.6 is 47.2 Å². The molecule has 0 aliphatic carbocycles. The number of nitrogens with one attached hydrogen (secondary N) is 1. The number of thiocarbonyl (C=S) groups is 1. The molecule has 39 heavy (non-hydrogen) atoms. The first-order chi connectivity index (χ1) is 19.0. The minimum Gasteiger partial charge on any atom is -0.452 e. The van der Waals surface area contributed by atoms with Gasteiger partial charge in [-0.25, -0.2) is 0 Å². The normalized spacial score (nSPS) is 19.9. The molecule has 2 atom stereocenters. The van der Waals surface area contributed by atoms with Crippen molar-refractivity contribution >= 4 is 63.7 Å². The van der Waals surface area contributed by atoms with Crippen molar-refractivity contribution in [3.05, 3.63) is 100 Å². The maximum Gasteiger partial charge on any atom is 0.174 e. The van der Waals surface area contributed by atoms with Crippen LogP contribution in [0.1, 0.15) is 43.3 Å². The molecule has 2 aromatic heterocycles. The van der Waals surface area contributed by atoms with E-state index >= 15 is 0 Å². The van der Waals surface area contributed by atoms with Crippen molar-refractivity contribution in [2.45, 2.75) is 41.8 Å². The van der Waals surface area contributed by atoms with Crippen molar-refractivity contribution in [2.75, 3.05) is 22.9 Å². The Hall–Kier alpha value is -2.71. The topological polar surface area (TPSA) is 44.5 Å². The summed E-state index contributed by atoms with van der Waals surface area (Å²) in [5.41, 5.74) is 2.88. The summed E-state index contributed by atoms with van der Waals surface area (Å²) in [6.45, 7) is 4.36. The van der Waals surface area contributed by atoms with Crippen LogP contribution in [0.5, 0.6) is 0 Å². The van der Waals surface area contributed by atoms with E-state index in [0.717, 1.165) is 56.8 Å². The van der Waals surface area contributed by atoms with E-state index in [-0.39, 0.29) is 12.1 Å². The third-order valence-electron chi connectivity index (χ3n) is 7.36. The standard InChI is InChI=1S/C30H28Cl2N4OS2/c1-19-13-16-35(17-14-19)25-10-7-21(18-23(25)32)36-29(28(34-30(36)38)24-4-2-3-15-33-24)26-11-12-27(37-26)39-22-8-5-20(31)6-9-22/h2-12,15,18-19,28-29H,13-14,16-17H2,1H3,(H,34,38)/t28-,29-/m1/s1. The highest BCUT2D eigenvalue weighted by atomic mass is 35.5. The van der Waals surface area contributed by atoms with Gasteiger partial charge in [-0.3, -0.25) is 4.98 Å². The largest absolute Gasteiger partial charge is 0.452 e. The summed E-state index contributed by atoms with van der Waals surface area (Å²) in [6, 6.07) is 23.5. The first-order valence-electron chi connectivity index (χ1n) is 13.0. The van der Waals surface area contributed by atoms with Gasteiger partial charge < -0.3 is 19.5 Å². The van der Waals surface area contributed by atoms with Gasteiger partial charge in [0, 0.05) is 34.9 Å². The second kappa shape index (κ2) is 11.4. The Morgan fingerprint density at radius 3 is 2.51 bits per heavy atom. The van der Waals surface area contributed by atoms with E-state index in [9.17, 15) is 0 Å². The molecule has 2 aliphatic rings. The minimum absolute atomic E-state index is 0.194. The summed E-state index contributed by atoms with van der Waals surface area (Å²) >= 11 is 20.4. The van der Waals surface area contributed by atoms with Crippen molar-refractivity contribution in [1.82, 2.24) is 10.3 Å². The molecule has 0 radical (unpaired) electrons. The zero-order chi connectivity index (χ0) is 26.9. The Morgan fingerprint density at radius 2 is 1.79 bits per heavy atom. The maximum atomic E-state index is 6.90. The smallest absolute Gasteiger partial charge is 0.174 e. The predicted octanol–water partition coefficient (Wildman–Crippen LogP) is 8.55. The number of nitrogens with zero attached hydrogens (tertiary/aromatic N) is 3. The van der Waals surface area contributed by atoms with Gasteiger partial charge in [0.2, 0.25) is 0 Å². The zero-order valence-electron chi connectivity index (χ0n) is 21.4. The van der Waals surface area contributed by atoms with Crippen LogP contribution in [0.25, 0.3) is 0 Å². The van der Waals surface area contributed by atoms with Crippen molar-refractivity contribution in [2.24, 2.45) is 5.92 Å². The van der Waals surface area contributed by atoms with Crippen LogP contribution in [0.3, 0.4) is 0 Å². The van der Waals surface area contributed by atoms with Crippen LogP contribution in [-0.4, -0.2) is 23.2 Å². The highest BCUT2D eigenvalue weighted by Crippen LogP contribution is 2.45.